The summed E-state index contributed by atoms with van der Waals surface area (Å²) in [7, 11) is 0. The molecule has 0 aliphatic carbocycles. The van der Waals surface area contributed by atoms with Gasteiger partial charge in [0.25, 0.3) is 5.69 Å². The van der Waals surface area contributed by atoms with Crippen molar-refractivity contribution >= 4 is 22.4 Å². The zero-order valence-corrected chi connectivity index (χ0v) is 16.3. The molecular formula is C21H17N7O2. The fourth-order valence-electron chi connectivity index (χ4n) is 3.21. The van der Waals surface area contributed by atoms with Crippen LogP contribution < -0.4 is 5.32 Å². The fourth-order valence-corrected chi connectivity index (χ4v) is 3.21. The Balaban J connectivity index is 1.55. The van der Waals surface area contributed by atoms with E-state index in [2.05, 4.69) is 26.5 Å². The molecule has 0 saturated heterocycles. The Morgan fingerprint density at radius 3 is 2.67 bits per heavy atom. The molecule has 9 nitrogen and oxygen atoms in total. The van der Waals surface area contributed by atoms with Gasteiger partial charge in [0.2, 0.25) is 0 Å². The molecule has 148 valence electrons. The molecule has 0 radical (unpaired) electrons. The molecule has 4 rings (SSSR count). The summed E-state index contributed by atoms with van der Waals surface area (Å²) in [5.41, 5.74) is 3.64. The molecule has 0 saturated carbocycles. The molecule has 0 amide bonds. The lowest BCUT2D eigenvalue weighted by Gasteiger charge is -2.09. The van der Waals surface area contributed by atoms with Crippen molar-refractivity contribution in [3.05, 3.63) is 81.3 Å². The molecule has 0 aliphatic rings. The van der Waals surface area contributed by atoms with Crippen LogP contribution in [0.15, 0.2) is 48.7 Å². The molecule has 0 spiro atoms. The largest absolute Gasteiger partial charge is 0.366 e. The number of rotatable bonds is 5. The molecule has 30 heavy (non-hydrogen) atoms. The van der Waals surface area contributed by atoms with Gasteiger partial charge in [-0.1, -0.05) is 6.07 Å². The van der Waals surface area contributed by atoms with Crippen molar-refractivity contribution in [2.45, 2.75) is 20.4 Å². The molecule has 0 fully saturated rings. The van der Waals surface area contributed by atoms with E-state index >= 15 is 0 Å². The summed E-state index contributed by atoms with van der Waals surface area (Å²) in [6.07, 6.45) is 1.76. The molecule has 0 bridgehead atoms. The number of aromatic nitrogens is 4. The molecular weight excluding hydrogens is 382 g/mol. The van der Waals surface area contributed by atoms with Crippen molar-refractivity contribution in [3.63, 3.8) is 0 Å². The Labute approximate surface area is 171 Å². The zero-order valence-electron chi connectivity index (χ0n) is 16.3. The number of pyridine rings is 2. The predicted octanol–water partition coefficient (Wildman–Crippen LogP) is 3.82. The number of benzene rings is 1. The summed E-state index contributed by atoms with van der Waals surface area (Å²) in [5, 5.41) is 28.5. The normalized spacial score (nSPS) is 10.7. The summed E-state index contributed by atoms with van der Waals surface area (Å²) < 4.78 is 1.79. The van der Waals surface area contributed by atoms with E-state index < -0.39 is 4.92 Å². The highest BCUT2D eigenvalue weighted by Gasteiger charge is 2.12. The molecule has 0 atom stereocenters. The first-order chi connectivity index (χ1) is 14.4. The highest BCUT2D eigenvalue weighted by Crippen LogP contribution is 2.25. The second-order valence-electron chi connectivity index (χ2n) is 6.84. The second-order valence-corrected chi connectivity index (χ2v) is 6.84. The van der Waals surface area contributed by atoms with Crippen molar-refractivity contribution in [3.8, 4) is 11.9 Å². The van der Waals surface area contributed by atoms with Crippen molar-refractivity contribution in [2.75, 3.05) is 5.32 Å². The van der Waals surface area contributed by atoms with Gasteiger partial charge < -0.3 is 5.32 Å². The lowest BCUT2D eigenvalue weighted by Crippen LogP contribution is -2.05. The second kappa shape index (κ2) is 7.60. The van der Waals surface area contributed by atoms with Gasteiger partial charge in [0.05, 0.1) is 27.8 Å². The predicted molar refractivity (Wildman–Crippen MR) is 111 cm³/mol. The van der Waals surface area contributed by atoms with Crippen LogP contribution in [0.1, 0.15) is 22.5 Å². The Morgan fingerprint density at radius 2 is 2.03 bits per heavy atom. The fraction of sp³-hybridized carbons (Fsp3) is 0.143. The number of nitro groups is 1. The third-order valence-corrected chi connectivity index (χ3v) is 4.63. The Hall–Kier alpha value is -4.32. The number of anilines is 1. The van der Waals surface area contributed by atoms with Crippen LogP contribution >= 0.6 is 0 Å². The molecule has 0 unspecified atom stereocenters. The van der Waals surface area contributed by atoms with E-state index in [1.807, 2.05) is 32.0 Å². The van der Waals surface area contributed by atoms with E-state index in [-0.39, 0.29) is 5.69 Å². The van der Waals surface area contributed by atoms with Gasteiger partial charge in [-0.05, 0) is 43.7 Å². The highest BCUT2D eigenvalue weighted by atomic mass is 16.6. The van der Waals surface area contributed by atoms with E-state index in [9.17, 15) is 15.4 Å². The average molecular weight is 399 g/mol. The van der Waals surface area contributed by atoms with Crippen molar-refractivity contribution in [1.29, 1.82) is 5.26 Å². The number of nitro benzene ring substituents is 1. The van der Waals surface area contributed by atoms with Crippen LogP contribution in [0.25, 0.3) is 16.7 Å². The summed E-state index contributed by atoms with van der Waals surface area (Å²) >= 11 is 0. The summed E-state index contributed by atoms with van der Waals surface area (Å²) in [4.78, 5) is 19.4. The van der Waals surface area contributed by atoms with E-state index in [1.54, 1.807) is 23.0 Å². The van der Waals surface area contributed by atoms with Crippen molar-refractivity contribution < 1.29 is 4.92 Å². The van der Waals surface area contributed by atoms with Crippen molar-refractivity contribution in [1.82, 2.24) is 19.7 Å². The van der Waals surface area contributed by atoms with Crippen LogP contribution in [0.4, 0.5) is 11.5 Å². The van der Waals surface area contributed by atoms with Gasteiger partial charge >= 0.3 is 0 Å². The first-order valence-corrected chi connectivity index (χ1v) is 9.16. The van der Waals surface area contributed by atoms with E-state index in [1.165, 1.54) is 12.1 Å². The summed E-state index contributed by atoms with van der Waals surface area (Å²) in [5.74, 6) is 1.25. The Bertz CT molecular complexity index is 1300. The molecule has 3 heterocycles. The Morgan fingerprint density at radius 1 is 1.20 bits per heavy atom. The van der Waals surface area contributed by atoms with Crippen LogP contribution in [0.2, 0.25) is 0 Å². The van der Waals surface area contributed by atoms with Crippen LogP contribution in [-0.4, -0.2) is 24.7 Å². The number of nitrogens with zero attached hydrogens (tertiary/aromatic N) is 6. The van der Waals surface area contributed by atoms with E-state index in [0.29, 0.717) is 28.8 Å². The topological polar surface area (TPSA) is 123 Å². The molecule has 4 aromatic rings. The number of nitriles is 1. The van der Waals surface area contributed by atoms with E-state index in [0.717, 1.165) is 22.8 Å². The zero-order chi connectivity index (χ0) is 21.3. The third-order valence-electron chi connectivity index (χ3n) is 4.63. The maximum atomic E-state index is 11.0. The number of nitrogens with one attached hydrogen (secondary N) is 1. The van der Waals surface area contributed by atoms with Gasteiger partial charge in [-0.2, -0.15) is 10.4 Å². The maximum absolute atomic E-state index is 11.0. The van der Waals surface area contributed by atoms with Gasteiger partial charge in [-0.25, -0.2) is 14.6 Å². The van der Waals surface area contributed by atoms with Gasteiger partial charge in [0, 0.05) is 36.0 Å². The summed E-state index contributed by atoms with van der Waals surface area (Å²) in [6.45, 7) is 4.37. The van der Waals surface area contributed by atoms with Gasteiger partial charge in [0.1, 0.15) is 5.82 Å². The van der Waals surface area contributed by atoms with Gasteiger partial charge in [0.15, 0.2) is 5.82 Å². The quantitative estimate of drug-likeness (QED) is 0.400. The third kappa shape index (κ3) is 3.66. The van der Waals surface area contributed by atoms with E-state index in [4.69, 9.17) is 0 Å². The number of hydrogen-bond acceptors (Lipinski definition) is 7. The summed E-state index contributed by atoms with van der Waals surface area (Å²) in [6, 6.07) is 13.8. The molecule has 1 N–H and O–H groups in total. The Kier molecular flexibility index (Phi) is 4.82. The number of hydrogen-bond donors (Lipinski definition) is 1. The van der Waals surface area contributed by atoms with Gasteiger partial charge in [-0.15, -0.1) is 0 Å². The average Bonchev–Trinajstić information content (AvgIpc) is 3.09. The molecule has 3 aromatic heterocycles. The monoisotopic (exact) mass is 399 g/mol. The van der Waals surface area contributed by atoms with Crippen molar-refractivity contribution in [2.24, 2.45) is 0 Å². The van der Waals surface area contributed by atoms with Crippen LogP contribution in [0.5, 0.6) is 0 Å². The number of aryl methyl sites for hydroxylation is 2. The first-order valence-electron chi connectivity index (χ1n) is 9.16. The minimum Gasteiger partial charge on any atom is -0.366 e. The standard InChI is InChI=1S/C21H17N7O2/c1-13-7-14(2)27(26-13)21-6-3-15(12-24-21)11-23-20-8-16(10-22)18-9-17(28(29)30)4-5-19(18)25-20/h3-9,12H,11H2,1-2H3,(H,23,25). The molecule has 0 aliphatic heterocycles. The number of non-ortho nitro benzene ring substituents is 1. The molecule has 9 heteroatoms. The van der Waals surface area contributed by atoms with Crippen LogP contribution in [-0.2, 0) is 6.54 Å². The highest BCUT2D eigenvalue weighted by molar-refractivity contribution is 5.88. The minimum atomic E-state index is -0.491. The smallest absolute Gasteiger partial charge is 0.270 e. The SMILES string of the molecule is Cc1cc(C)n(-c2ccc(CNc3cc(C#N)c4cc([N+](=O)[O-])ccc4n3)cn2)n1. The first kappa shape index (κ1) is 19.0. The molecule has 1 aromatic carbocycles. The van der Waals surface area contributed by atoms with Crippen LogP contribution in [0, 0.1) is 35.3 Å². The van der Waals surface area contributed by atoms with Crippen LogP contribution in [0.3, 0.4) is 0 Å². The number of fused-ring (bicyclic) bond motifs is 1. The minimum absolute atomic E-state index is 0.0738. The lowest BCUT2D eigenvalue weighted by atomic mass is 10.1. The maximum Gasteiger partial charge on any atom is 0.270 e. The van der Waals surface area contributed by atoms with Gasteiger partial charge in [-0.3, -0.25) is 10.1 Å². The lowest BCUT2D eigenvalue weighted by molar-refractivity contribution is -0.384.